The minimum Gasteiger partial charge on any atom is -0.267 e. The Labute approximate surface area is 141 Å². The van der Waals surface area contributed by atoms with Gasteiger partial charge in [0.25, 0.3) is 0 Å². The summed E-state index contributed by atoms with van der Waals surface area (Å²) in [7, 11) is 0. The quantitative estimate of drug-likeness (QED) is 0.795. The Morgan fingerprint density at radius 3 is 2.96 bits per heavy atom. The van der Waals surface area contributed by atoms with Crippen molar-refractivity contribution in [1.29, 1.82) is 0 Å². The molecule has 0 N–H and O–H groups in total. The monoisotopic (exact) mass is 320 g/mol. The molecular formula is C18H20N6. The summed E-state index contributed by atoms with van der Waals surface area (Å²) in [6.45, 7) is 7.54. The van der Waals surface area contributed by atoms with Crippen molar-refractivity contribution in [2.24, 2.45) is 9.98 Å². The number of nitrogens with zero attached hydrogens (tertiary/aromatic N) is 6. The average Bonchev–Trinajstić information content (AvgIpc) is 3.05. The number of hydrogen-bond donors (Lipinski definition) is 0. The lowest BCUT2D eigenvalue weighted by Crippen LogP contribution is -1.98. The molecular weight excluding hydrogens is 300 g/mol. The van der Waals surface area contributed by atoms with Gasteiger partial charge in [0.05, 0.1) is 17.1 Å². The minimum atomic E-state index is 0.687. The predicted molar refractivity (Wildman–Crippen MR) is 96.5 cm³/mol. The van der Waals surface area contributed by atoms with Crippen LogP contribution in [0.1, 0.15) is 30.1 Å². The van der Waals surface area contributed by atoms with Crippen molar-refractivity contribution in [2.45, 2.75) is 33.1 Å². The van der Waals surface area contributed by atoms with Crippen molar-refractivity contribution in [2.75, 3.05) is 0 Å². The molecule has 1 aliphatic carbocycles. The van der Waals surface area contributed by atoms with E-state index in [0.717, 1.165) is 40.7 Å². The second kappa shape index (κ2) is 7.12. The third-order valence-corrected chi connectivity index (χ3v) is 3.80. The van der Waals surface area contributed by atoms with Gasteiger partial charge in [0.2, 0.25) is 0 Å². The lowest BCUT2D eigenvalue weighted by molar-refractivity contribution is 0.809. The van der Waals surface area contributed by atoms with E-state index in [-0.39, 0.29) is 0 Å². The van der Waals surface area contributed by atoms with Crippen LogP contribution in [0, 0.1) is 13.8 Å². The first-order valence-electron chi connectivity index (χ1n) is 7.91. The van der Waals surface area contributed by atoms with Gasteiger partial charge in [-0.2, -0.15) is 5.10 Å². The zero-order valence-electron chi connectivity index (χ0n) is 14.0. The second-order valence-corrected chi connectivity index (χ2v) is 5.64. The van der Waals surface area contributed by atoms with E-state index in [9.17, 15) is 0 Å². The van der Waals surface area contributed by atoms with Gasteiger partial charge >= 0.3 is 0 Å². The van der Waals surface area contributed by atoms with Crippen molar-refractivity contribution < 1.29 is 0 Å². The Balaban J connectivity index is 1.73. The smallest absolute Gasteiger partial charge is 0.177 e. The van der Waals surface area contributed by atoms with Crippen molar-refractivity contribution in [3.63, 3.8) is 0 Å². The van der Waals surface area contributed by atoms with E-state index in [2.05, 4.69) is 37.8 Å². The highest BCUT2D eigenvalue weighted by molar-refractivity contribution is 5.97. The van der Waals surface area contributed by atoms with Gasteiger partial charge in [0, 0.05) is 31.0 Å². The topological polar surface area (TPSA) is 67.8 Å². The van der Waals surface area contributed by atoms with Crippen LogP contribution in [0.4, 0.5) is 0 Å². The van der Waals surface area contributed by atoms with E-state index >= 15 is 0 Å². The summed E-state index contributed by atoms with van der Waals surface area (Å²) in [4.78, 5) is 17.4. The molecule has 122 valence electrons. The largest absolute Gasteiger partial charge is 0.267 e. The summed E-state index contributed by atoms with van der Waals surface area (Å²) in [5.41, 5.74) is 4.50. The van der Waals surface area contributed by atoms with Crippen LogP contribution in [0.5, 0.6) is 0 Å². The molecule has 0 atom stereocenters. The van der Waals surface area contributed by atoms with Gasteiger partial charge in [0.1, 0.15) is 0 Å². The average molecular weight is 320 g/mol. The molecule has 0 bridgehead atoms. The highest BCUT2D eigenvalue weighted by atomic mass is 15.3. The first-order chi connectivity index (χ1) is 11.7. The van der Waals surface area contributed by atoms with E-state index in [4.69, 9.17) is 0 Å². The van der Waals surface area contributed by atoms with Crippen LogP contribution in [-0.2, 0) is 6.42 Å². The second-order valence-electron chi connectivity index (χ2n) is 5.64. The first kappa shape index (κ1) is 16.0. The highest BCUT2D eigenvalue weighted by Crippen LogP contribution is 2.12. The molecule has 0 saturated heterocycles. The van der Waals surface area contributed by atoms with Crippen LogP contribution in [-0.4, -0.2) is 32.0 Å². The van der Waals surface area contributed by atoms with Gasteiger partial charge < -0.3 is 0 Å². The molecule has 0 amide bonds. The molecule has 0 spiro atoms. The van der Waals surface area contributed by atoms with Crippen LogP contribution in [0.15, 0.2) is 52.4 Å². The highest BCUT2D eigenvalue weighted by Gasteiger charge is 2.09. The molecule has 2 aromatic rings. The van der Waals surface area contributed by atoms with Crippen molar-refractivity contribution >= 4 is 18.1 Å². The fourth-order valence-corrected chi connectivity index (χ4v) is 2.42. The van der Waals surface area contributed by atoms with Gasteiger partial charge in [-0.05, 0) is 33.1 Å². The molecule has 24 heavy (non-hydrogen) atoms. The Kier molecular flexibility index (Phi) is 4.74. The number of rotatable bonds is 5. The molecule has 6 heteroatoms. The zero-order chi connectivity index (χ0) is 16.9. The standard InChI is InChI=1S/C18H20N6/c1-13-11-20-14(2)18-22-17(23-24(13)18)10-9-16(19-3)12-21-15-7-5-4-6-8-15/h4-7,11-12H,3,8-10H2,1-2H3/b16-12-,21-15?. The van der Waals surface area contributed by atoms with Crippen LogP contribution in [0.25, 0.3) is 5.65 Å². The van der Waals surface area contributed by atoms with E-state index < -0.39 is 0 Å². The van der Waals surface area contributed by atoms with Crippen LogP contribution in [0.2, 0.25) is 0 Å². The van der Waals surface area contributed by atoms with Gasteiger partial charge in [0.15, 0.2) is 11.5 Å². The van der Waals surface area contributed by atoms with Gasteiger partial charge in [-0.1, -0.05) is 18.2 Å². The third kappa shape index (κ3) is 3.53. The lowest BCUT2D eigenvalue weighted by atomic mass is 10.1. The molecule has 0 aliphatic heterocycles. The van der Waals surface area contributed by atoms with Gasteiger partial charge in [-0.15, -0.1) is 0 Å². The Morgan fingerprint density at radius 2 is 2.25 bits per heavy atom. The van der Waals surface area contributed by atoms with E-state index in [1.165, 1.54) is 0 Å². The maximum atomic E-state index is 4.57. The summed E-state index contributed by atoms with van der Waals surface area (Å²) in [6.07, 6.45) is 13.9. The maximum absolute atomic E-state index is 4.57. The molecule has 2 heterocycles. The summed E-state index contributed by atoms with van der Waals surface area (Å²) in [6, 6.07) is 0. The van der Waals surface area contributed by atoms with Gasteiger partial charge in [-0.25, -0.2) is 9.50 Å². The molecule has 0 unspecified atom stereocenters. The number of hydrogen-bond acceptors (Lipinski definition) is 5. The lowest BCUT2D eigenvalue weighted by Gasteiger charge is -2.00. The summed E-state index contributed by atoms with van der Waals surface area (Å²) in [5.74, 6) is 0.775. The number of aliphatic imine (C=N–C) groups is 2. The molecule has 1 aliphatic rings. The molecule has 6 nitrogen and oxygen atoms in total. The fraction of sp³-hybridized carbons (Fsp3) is 0.278. The van der Waals surface area contributed by atoms with Crippen molar-refractivity contribution in [3.8, 4) is 0 Å². The third-order valence-electron chi connectivity index (χ3n) is 3.80. The summed E-state index contributed by atoms with van der Waals surface area (Å²) < 4.78 is 1.84. The SMILES string of the molecule is C=N/C(=C\N=C1C=CC=CC1)CCc1nc2c(C)ncc(C)n2n1. The van der Waals surface area contributed by atoms with E-state index in [0.29, 0.717) is 12.8 Å². The first-order valence-corrected chi connectivity index (χ1v) is 7.91. The number of aromatic nitrogens is 4. The molecule has 0 aromatic carbocycles. The number of fused-ring (bicyclic) bond motifs is 1. The van der Waals surface area contributed by atoms with Crippen LogP contribution < -0.4 is 0 Å². The van der Waals surface area contributed by atoms with Crippen molar-refractivity contribution in [1.82, 2.24) is 19.6 Å². The Hall–Kier alpha value is -2.89. The van der Waals surface area contributed by atoms with E-state index in [1.54, 1.807) is 12.4 Å². The molecule has 0 fully saturated rings. The zero-order valence-corrected chi connectivity index (χ0v) is 14.0. The van der Waals surface area contributed by atoms with Crippen LogP contribution in [0.3, 0.4) is 0 Å². The number of aryl methyl sites for hydroxylation is 3. The van der Waals surface area contributed by atoms with E-state index in [1.807, 2.05) is 36.6 Å². The molecule has 0 saturated carbocycles. The normalized spacial score (nSPS) is 16.2. The Bertz CT molecular complexity index is 843. The Morgan fingerprint density at radius 1 is 1.38 bits per heavy atom. The van der Waals surface area contributed by atoms with Crippen molar-refractivity contribution in [3.05, 3.63) is 59.6 Å². The molecule has 0 radical (unpaired) electrons. The molecule has 2 aromatic heterocycles. The van der Waals surface area contributed by atoms with Crippen LogP contribution >= 0.6 is 0 Å². The maximum Gasteiger partial charge on any atom is 0.177 e. The summed E-state index contributed by atoms with van der Waals surface area (Å²) >= 11 is 0. The summed E-state index contributed by atoms with van der Waals surface area (Å²) in [5, 5.41) is 4.55. The molecule has 3 rings (SSSR count). The predicted octanol–water partition coefficient (Wildman–Crippen LogP) is 3.17. The fourth-order valence-electron chi connectivity index (χ4n) is 2.42. The number of allylic oxidation sites excluding steroid dienone is 5. The minimum absolute atomic E-state index is 0.687. The van der Waals surface area contributed by atoms with Gasteiger partial charge in [-0.3, -0.25) is 15.0 Å².